The lowest BCUT2D eigenvalue weighted by Gasteiger charge is -2.05. The summed E-state index contributed by atoms with van der Waals surface area (Å²) in [6, 6.07) is 17.7. The summed E-state index contributed by atoms with van der Waals surface area (Å²) in [7, 11) is 0. The second kappa shape index (κ2) is 7.58. The predicted octanol–water partition coefficient (Wildman–Crippen LogP) is 2.51. The molecule has 0 atom stereocenters. The standard InChI is InChI=1S/C17H19NO2/c19-12-4-11-18-13-17(20)16-9-7-15(8-10-16)14-5-2-1-3-6-14/h1-3,5-10,18-19H,4,11-13H2. The van der Waals surface area contributed by atoms with Crippen molar-refractivity contribution in [1.82, 2.24) is 5.32 Å². The Bertz CT molecular complexity index is 535. The quantitative estimate of drug-likeness (QED) is 0.600. The Morgan fingerprint density at radius 3 is 2.25 bits per heavy atom. The first-order valence-electron chi connectivity index (χ1n) is 6.81. The Morgan fingerprint density at radius 2 is 1.60 bits per heavy atom. The van der Waals surface area contributed by atoms with Gasteiger partial charge in [-0.3, -0.25) is 4.79 Å². The predicted molar refractivity (Wildman–Crippen MR) is 80.8 cm³/mol. The normalized spacial score (nSPS) is 10.4. The van der Waals surface area contributed by atoms with Gasteiger partial charge in [0.15, 0.2) is 5.78 Å². The maximum absolute atomic E-state index is 11.9. The maximum Gasteiger partial charge on any atom is 0.176 e. The van der Waals surface area contributed by atoms with Crippen molar-refractivity contribution in [2.24, 2.45) is 0 Å². The van der Waals surface area contributed by atoms with E-state index in [1.165, 1.54) is 0 Å². The van der Waals surface area contributed by atoms with E-state index in [4.69, 9.17) is 5.11 Å². The number of aliphatic hydroxyl groups is 1. The van der Waals surface area contributed by atoms with Gasteiger partial charge in [-0.15, -0.1) is 0 Å². The summed E-state index contributed by atoms with van der Waals surface area (Å²) in [6.07, 6.45) is 0.667. The molecule has 3 nitrogen and oxygen atoms in total. The molecular formula is C17H19NO2. The molecule has 3 heteroatoms. The fraction of sp³-hybridized carbons (Fsp3) is 0.235. The average molecular weight is 269 g/mol. The van der Waals surface area contributed by atoms with E-state index < -0.39 is 0 Å². The molecule has 2 N–H and O–H groups in total. The van der Waals surface area contributed by atoms with Crippen LogP contribution in [0.2, 0.25) is 0 Å². The number of carbonyl (C=O) groups excluding carboxylic acids is 1. The van der Waals surface area contributed by atoms with E-state index in [9.17, 15) is 4.79 Å². The van der Waals surface area contributed by atoms with Crippen LogP contribution < -0.4 is 5.32 Å². The van der Waals surface area contributed by atoms with Crippen LogP contribution in [-0.2, 0) is 0 Å². The summed E-state index contributed by atoms with van der Waals surface area (Å²) in [5.41, 5.74) is 2.96. The third-order valence-electron chi connectivity index (χ3n) is 3.11. The molecule has 0 amide bonds. The summed E-state index contributed by atoms with van der Waals surface area (Å²) in [5, 5.41) is 11.7. The molecule has 0 heterocycles. The fourth-order valence-electron chi connectivity index (χ4n) is 1.99. The monoisotopic (exact) mass is 269 g/mol. The topological polar surface area (TPSA) is 49.3 Å². The lowest BCUT2D eigenvalue weighted by Crippen LogP contribution is -2.24. The number of hydrogen-bond donors (Lipinski definition) is 2. The van der Waals surface area contributed by atoms with Gasteiger partial charge in [0, 0.05) is 12.2 Å². The van der Waals surface area contributed by atoms with Crippen LogP contribution in [0.1, 0.15) is 16.8 Å². The van der Waals surface area contributed by atoms with Gasteiger partial charge in [0.25, 0.3) is 0 Å². The summed E-state index contributed by atoms with van der Waals surface area (Å²) >= 11 is 0. The highest BCUT2D eigenvalue weighted by Crippen LogP contribution is 2.19. The first kappa shape index (κ1) is 14.4. The van der Waals surface area contributed by atoms with E-state index in [0.717, 1.165) is 11.1 Å². The third kappa shape index (κ3) is 4.02. The van der Waals surface area contributed by atoms with E-state index in [0.29, 0.717) is 25.1 Å². The van der Waals surface area contributed by atoms with E-state index >= 15 is 0 Å². The largest absolute Gasteiger partial charge is 0.396 e. The van der Waals surface area contributed by atoms with Gasteiger partial charge in [-0.1, -0.05) is 54.6 Å². The van der Waals surface area contributed by atoms with E-state index in [-0.39, 0.29) is 12.4 Å². The molecule has 2 aromatic rings. The molecule has 0 aliphatic heterocycles. The van der Waals surface area contributed by atoms with Gasteiger partial charge in [0.05, 0.1) is 6.54 Å². The molecule has 0 spiro atoms. The highest BCUT2D eigenvalue weighted by molar-refractivity contribution is 5.98. The number of nitrogens with one attached hydrogen (secondary N) is 1. The van der Waals surface area contributed by atoms with Crippen molar-refractivity contribution in [3.05, 3.63) is 60.2 Å². The summed E-state index contributed by atoms with van der Waals surface area (Å²) in [6.45, 7) is 1.11. The molecule has 0 radical (unpaired) electrons. The number of carbonyl (C=O) groups is 1. The van der Waals surface area contributed by atoms with Gasteiger partial charge in [-0.25, -0.2) is 0 Å². The fourth-order valence-corrected chi connectivity index (χ4v) is 1.99. The van der Waals surface area contributed by atoms with Crippen LogP contribution in [0.3, 0.4) is 0 Å². The smallest absolute Gasteiger partial charge is 0.176 e. The van der Waals surface area contributed by atoms with Crippen molar-refractivity contribution < 1.29 is 9.90 Å². The Hall–Kier alpha value is -1.97. The average Bonchev–Trinajstić information content (AvgIpc) is 2.52. The SMILES string of the molecule is O=C(CNCCCO)c1ccc(-c2ccccc2)cc1. The zero-order valence-corrected chi connectivity index (χ0v) is 11.4. The molecule has 0 fully saturated rings. The highest BCUT2D eigenvalue weighted by Gasteiger charge is 2.05. The van der Waals surface area contributed by atoms with Crippen LogP contribution in [0.25, 0.3) is 11.1 Å². The van der Waals surface area contributed by atoms with Gasteiger partial charge in [-0.2, -0.15) is 0 Å². The molecule has 0 aromatic heterocycles. The molecule has 20 heavy (non-hydrogen) atoms. The minimum Gasteiger partial charge on any atom is -0.396 e. The summed E-state index contributed by atoms with van der Waals surface area (Å²) in [4.78, 5) is 11.9. The summed E-state index contributed by atoms with van der Waals surface area (Å²) in [5.74, 6) is 0.0718. The lowest BCUT2D eigenvalue weighted by molar-refractivity contribution is 0.0990. The Balaban J connectivity index is 1.96. The first-order valence-corrected chi connectivity index (χ1v) is 6.81. The molecule has 2 rings (SSSR count). The van der Waals surface area contributed by atoms with Gasteiger partial charge >= 0.3 is 0 Å². The van der Waals surface area contributed by atoms with E-state index in [2.05, 4.69) is 5.32 Å². The Morgan fingerprint density at radius 1 is 0.950 bits per heavy atom. The zero-order chi connectivity index (χ0) is 14.2. The van der Waals surface area contributed by atoms with Crippen molar-refractivity contribution in [2.45, 2.75) is 6.42 Å². The van der Waals surface area contributed by atoms with Crippen LogP contribution in [0.4, 0.5) is 0 Å². The molecular weight excluding hydrogens is 250 g/mol. The maximum atomic E-state index is 11.9. The zero-order valence-electron chi connectivity index (χ0n) is 11.4. The second-order valence-electron chi connectivity index (χ2n) is 4.62. The number of hydrogen-bond acceptors (Lipinski definition) is 3. The van der Waals surface area contributed by atoms with Crippen LogP contribution in [0, 0.1) is 0 Å². The molecule has 0 unspecified atom stereocenters. The molecule has 0 aliphatic carbocycles. The van der Waals surface area contributed by atoms with Crippen molar-refractivity contribution in [3.8, 4) is 11.1 Å². The molecule has 0 aliphatic rings. The van der Waals surface area contributed by atoms with Crippen LogP contribution in [0.15, 0.2) is 54.6 Å². The second-order valence-corrected chi connectivity index (χ2v) is 4.62. The molecule has 2 aromatic carbocycles. The lowest BCUT2D eigenvalue weighted by atomic mass is 10.0. The number of aliphatic hydroxyl groups excluding tert-OH is 1. The minimum atomic E-state index is 0.0718. The highest BCUT2D eigenvalue weighted by atomic mass is 16.3. The van der Waals surface area contributed by atoms with Crippen molar-refractivity contribution in [3.63, 3.8) is 0 Å². The number of Topliss-reactive ketones (excluding diaryl/α,β-unsaturated/α-hetero) is 1. The third-order valence-corrected chi connectivity index (χ3v) is 3.11. The van der Waals surface area contributed by atoms with Gasteiger partial charge < -0.3 is 10.4 Å². The van der Waals surface area contributed by atoms with Crippen LogP contribution >= 0.6 is 0 Å². The van der Waals surface area contributed by atoms with Gasteiger partial charge in [-0.05, 0) is 24.1 Å². The summed E-state index contributed by atoms with van der Waals surface area (Å²) < 4.78 is 0. The Kier molecular flexibility index (Phi) is 5.47. The molecule has 0 bridgehead atoms. The molecule has 0 saturated heterocycles. The van der Waals surface area contributed by atoms with Gasteiger partial charge in [0.1, 0.15) is 0 Å². The van der Waals surface area contributed by atoms with Crippen LogP contribution in [0.5, 0.6) is 0 Å². The number of benzene rings is 2. The van der Waals surface area contributed by atoms with Gasteiger partial charge in [0.2, 0.25) is 0 Å². The number of rotatable bonds is 7. The van der Waals surface area contributed by atoms with Crippen molar-refractivity contribution >= 4 is 5.78 Å². The molecule has 0 saturated carbocycles. The first-order chi connectivity index (χ1) is 9.81. The van der Waals surface area contributed by atoms with Crippen molar-refractivity contribution in [2.75, 3.05) is 19.7 Å². The van der Waals surface area contributed by atoms with Crippen molar-refractivity contribution in [1.29, 1.82) is 0 Å². The van der Waals surface area contributed by atoms with E-state index in [1.54, 1.807) is 0 Å². The minimum absolute atomic E-state index is 0.0718. The Labute approximate surface area is 119 Å². The van der Waals surface area contributed by atoms with Crippen LogP contribution in [-0.4, -0.2) is 30.6 Å². The van der Waals surface area contributed by atoms with E-state index in [1.807, 2.05) is 54.6 Å². The molecule has 104 valence electrons. The number of ketones is 1.